The van der Waals surface area contributed by atoms with E-state index in [1.807, 2.05) is 0 Å². The molecule has 0 heterocycles. The second kappa shape index (κ2) is 5.67. The summed E-state index contributed by atoms with van der Waals surface area (Å²) in [6.45, 7) is 0. The largest absolute Gasteiger partial charge is 0.368 e. The van der Waals surface area contributed by atoms with Gasteiger partial charge in [-0.3, -0.25) is 10.1 Å². The van der Waals surface area contributed by atoms with Crippen molar-refractivity contribution in [3.05, 3.63) is 34.6 Å². The number of carbonyl (C=O) groups excluding carboxylic acids is 1. The molecule has 0 bridgehead atoms. The summed E-state index contributed by atoms with van der Waals surface area (Å²) in [4.78, 5) is 11.5. The molecule has 5 heteroatoms. The van der Waals surface area contributed by atoms with Crippen molar-refractivity contribution >= 4 is 17.5 Å². The third kappa shape index (κ3) is 3.00. The van der Waals surface area contributed by atoms with Gasteiger partial charge in [-0.05, 0) is 31.0 Å². The lowest BCUT2D eigenvalue weighted by Gasteiger charge is -2.21. The van der Waals surface area contributed by atoms with Crippen molar-refractivity contribution in [2.45, 2.75) is 37.8 Å². The Bertz CT molecular complexity index is 447. The molecule has 1 atom stereocenters. The predicted octanol–water partition coefficient (Wildman–Crippen LogP) is 2.54. The molecule has 1 fully saturated rings. The van der Waals surface area contributed by atoms with Crippen LogP contribution in [-0.2, 0) is 4.79 Å². The number of rotatable bonds is 4. The molecular weight excluding hydrogens is 255 g/mol. The highest BCUT2D eigenvalue weighted by Gasteiger charge is 2.26. The molecule has 3 nitrogen and oxygen atoms in total. The number of amides is 1. The van der Waals surface area contributed by atoms with Crippen LogP contribution in [0.4, 0.5) is 4.39 Å². The van der Waals surface area contributed by atoms with Crippen molar-refractivity contribution in [2.75, 3.05) is 0 Å². The summed E-state index contributed by atoms with van der Waals surface area (Å²) < 4.78 is 13.7. The lowest BCUT2D eigenvalue weighted by molar-refractivity contribution is -0.120. The Morgan fingerprint density at radius 2 is 2.11 bits per heavy atom. The highest BCUT2D eigenvalue weighted by molar-refractivity contribution is 6.30. The van der Waals surface area contributed by atoms with Gasteiger partial charge in [-0.15, -0.1) is 0 Å². The van der Waals surface area contributed by atoms with Gasteiger partial charge in [0.25, 0.3) is 0 Å². The summed E-state index contributed by atoms with van der Waals surface area (Å²) in [7, 11) is 0. The van der Waals surface area contributed by atoms with E-state index in [0.29, 0.717) is 5.02 Å². The fourth-order valence-electron chi connectivity index (χ4n) is 2.39. The van der Waals surface area contributed by atoms with Gasteiger partial charge >= 0.3 is 0 Å². The van der Waals surface area contributed by atoms with Crippen LogP contribution in [0.25, 0.3) is 0 Å². The normalized spacial score (nSPS) is 17.9. The van der Waals surface area contributed by atoms with E-state index in [2.05, 4.69) is 5.32 Å². The van der Waals surface area contributed by atoms with Crippen molar-refractivity contribution in [2.24, 2.45) is 5.73 Å². The van der Waals surface area contributed by atoms with E-state index in [9.17, 15) is 9.18 Å². The van der Waals surface area contributed by atoms with Gasteiger partial charge in [-0.25, -0.2) is 4.39 Å². The van der Waals surface area contributed by atoms with Gasteiger partial charge in [0, 0.05) is 16.6 Å². The molecule has 98 valence electrons. The van der Waals surface area contributed by atoms with Crippen molar-refractivity contribution in [3.63, 3.8) is 0 Å². The Morgan fingerprint density at radius 3 is 2.72 bits per heavy atom. The molecular formula is C13H16ClFN2O. The smallest absolute Gasteiger partial charge is 0.239 e. The fraction of sp³-hybridized carbons (Fsp3) is 0.462. The van der Waals surface area contributed by atoms with E-state index in [-0.39, 0.29) is 11.6 Å². The van der Waals surface area contributed by atoms with Crippen LogP contribution in [0.1, 0.15) is 37.3 Å². The molecule has 0 aliphatic heterocycles. The number of primary amides is 1. The summed E-state index contributed by atoms with van der Waals surface area (Å²) in [5.74, 6) is -1.04. The van der Waals surface area contributed by atoms with Crippen LogP contribution in [0.5, 0.6) is 0 Å². The van der Waals surface area contributed by atoms with Gasteiger partial charge in [0.1, 0.15) is 11.9 Å². The lowest BCUT2D eigenvalue weighted by atomic mass is 10.0. The van der Waals surface area contributed by atoms with E-state index < -0.39 is 17.8 Å². The van der Waals surface area contributed by atoms with E-state index in [0.717, 1.165) is 25.7 Å². The predicted molar refractivity (Wildman–Crippen MR) is 68.7 cm³/mol. The van der Waals surface area contributed by atoms with E-state index in [1.54, 1.807) is 0 Å². The molecule has 1 unspecified atom stereocenters. The molecule has 1 amide bonds. The first-order chi connectivity index (χ1) is 8.58. The topological polar surface area (TPSA) is 55.1 Å². The number of benzene rings is 1. The molecule has 0 spiro atoms. The average molecular weight is 271 g/mol. The Morgan fingerprint density at radius 1 is 1.44 bits per heavy atom. The first-order valence-corrected chi connectivity index (χ1v) is 6.46. The van der Waals surface area contributed by atoms with Gasteiger partial charge in [0.15, 0.2) is 0 Å². The minimum absolute atomic E-state index is 0.223. The Hall–Kier alpha value is -1.13. The second-order valence-corrected chi connectivity index (χ2v) is 5.09. The monoisotopic (exact) mass is 270 g/mol. The van der Waals surface area contributed by atoms with Crippen molar-refractivity contribution in [3.8, 4) is 0 Å². The molecule has 3 N–H and O–H groups in total. The number of halogens is 2. The van der Waals surface area contributed by atoms with Crippen LogP contribution in [0.2, 0.25) is 5.02 Å². The molecule has 0 radical (unpaired) electrons. The van der Waals surface area contributed by atoms with Crippen LogP contribution >= 0.6 is 11.6 Å². The maximum absolute atomic E-state index is 13.7. The van der Waals surface area contributed by atoms with Gasteiger partial charge in [0.2, 0.25) is 5.91 Å². The molecule has 2 rings (SSSR count). The summed E-state index contributed by atoms with van der Waals surface area (Å²) in [5.41, 5.74) is 5.58. The number of hydrogen-bond donors (Lipinski definition) is 2. The Balaban J connectivity index is 2.23. The van der Waals surface area contributed by atoms with Crippen molar-refractivity contribution < 1.29 is 9.18 Å². The molecule has 1 aliphatic rings. The maximum Gasteiger partial charge on any atom is 0.239 e. The van der Waals surface area contributed by atoms with Gasteiger partial charge in [-0.2, -0.15) is 0 Å². The van der Waals surface area contributed by atoms with Crippen LogP contribution in [0, 0.1) is 5.82 Å². The fourth-order valence-corrected chi connectivity index (χ4v) is 2.57. The summed E-state index contributed by atoms with van der Waals surface area (Å²) in [5, 5.41) is 3.52. The molecule has 18 heavy (non-hydrogen) atoms. The lowest BCUT2D eigenvalue weighted by Crippen LogP contribution is -2.39. The minimum Gasteiger partial charge on any atom is -0.368 e. The Kier molecular flexibility index (Phi) is 4.19. The molecule has 1 aromatic rings. The summed E-state index contributed by atoms with van der Waals surface area (Å²) >= 11 is 5.84. The quantitative estimate of drug-likeness (QED) is 0.883. The first-order valence-electron chi connectivity index (χ1n) is 6.08. The Labute approximate surface area is 111 Å². The second-order valence-electron chi connectivity index (χ2n) is 4.65. The average Bonchev–Trinajstić information content (AvgIpc) is 2.82. The van der Waals surface area contributed by atoms with E-state index in [4.69, 9.17) is 17.3 Å². The van der Waals surface area contributed by atoms with Crippen LogP contribution < -0.4 is 11.1 Å². The minimum atomic E-state index is -0.813. The number of nitrogens with one attached hydrogen (secondary N) is 1. The van der Waals surface area contributed by atoms with E-state index in [1.165, 1.54) is 18.2 Å². The van der Waals surface area contributed by atoms with Gasteiger partial charge in [0.05, 0.1) is 0 Å². The van der Waals surface area contributed by atoms with Crippen molar-refractivity contribution in [1.82, 2.24) is 5.32 Å². The van der Waals surface area contributed by atoms with Gasteiger partial charge in [-0.1, -0.05) is 24.4 Å². The SMILES string of the molecule is NC(=O)C(NC1CCCC1)c1cc(Cl)ccc1F. The molecule has 1 saturated carbocycles. The summed E-state index contributed by atoms with van der Waals surface area (Å²) in [6.07, 6.45) is 4.24. The molecule has 0 saturated heterocycles. The third-order valence-corrected chi connectivity index (χ3v) is 3.55. The molecule has 1 aromatic carbocycles. The number of nitrogens with two attached hydrogens (primary N) is 1. The van der Waals surface area contributed by atoms with Crippen LogP contribution in [-0.4, -0.2) is 11.9 Å². The standard InChI is InChI=1S/C13H16ClFN2O/c14-8-5-6-11(15)10(7-8)12(13(16)18)17-9-3-1-2-4-9/h5-7,9,12,17H,1-4H2,(H2,16,18). The number of carbonyl (C=O) groups is 1. The number of hydrogen-bond acceptors (Lipinski definition) is 2. The zero-order chi connectivity index (χ0) is 13.1. The third-order valence-electron chi connectivity index (χ3n) is 3.31. The first kappa shape index (κ1) is 13.3. The van der Waals surface area contributed by atoms with Crippen LogP contribution in [0.3, 0.4) is 0 Å². The van der Waals surface area contributed by atoms with Gasteiger partial charge < -0.3 is 5.73 Å². The zero-order valence-corrected chi connectivity index (χ0v) is 10.7. The highest BCUT2D eigenvalue weighted by Crippen LogP contribution is 2.25. The zero-order valence-electron chi connectivity index (χ0n) is 9.96. The van der Waals surface area contributed by atoms with Crippen molar-refractivity contribution in [1.29, 1.82) is 0 Å². The summed E-state index contributed by atoms with van der Waals surface area (Å²) in [6, 6.07) is 3.57. The van der Waals surface area contributed by atoms with E-state index >= 15 is 0 Å². The molecule has 0 aromatic heterocycles. The maximum atomic E-state index is 13.7. The van der Waals surface area contributed by atoms with Crippen LogP contribution in [0.15, 0.2) is 18.2 Å². The highest BCUT2D eigenvalue weighted by atomic mass is 35.5. The molecule has 1 aliphatic carbocycles.